The van der Waals surface area contributed by atoms with Crippen LogP contribution in [0.1, 0.15) is 25.8 Å². The Hall–Kier alpha value is -2.50. The molecule has 21 heavy (non-hydrogen) atoms. The van der Waals surface area contributed by atoms with Crippen molar-refractivity contribution in [2.75, 3.05) is 6.61 Å². The summed E-state index contributed by atoms with van der Waals surface area (Å²) >= 11 is 0. The first-order valence-corrected chi connectivity index (χ1v) is 6.49. The van der Waals surface area contributed by atoms with Gasteiger partial charge in [0.25, 0.3) is 5.69 Å². The molecule has 6 nitrogen and oxygen atoms in total. The fourth-order valence-electron chi connectivity index (χ4n) is 1.59. The molecular formula is C15H17NO5. The highest BCUT2D eigenvalue weighted by Crippen LogP contribution is 2.14. The molecule has 0 amide bonds. The van der Waals surface area contributed by atoms with Crippen LogP contribution in [0.2, 0.25) is 0 Å². The lowest BCUT2D eigenvalue weighted by Crippen LogP contribution is -2.12. The number of benzene rings is 1. The number of non-ortho nitro benzene ring substituents is 1. The topological polar surface area (TPSA) is 86.5 Å². The highest BCUT2D eigenvalue weighted by Gasteiger charge is 2.10. The number of carbonyl (C=O) groups is 2. The first-order valence-electron chi connectivity index (χ1n) is 6.49. The van der Waals surface area contributed by atoms with Gasteiger partial charge in [-0.2, -0.15) is 0 Å². The summed E-state index contributed by atoms with van der Waals surface area (Å²) in [5.41, 5.74) is 0.804. The molecule has 0 saturated heterocycles. The monoisotopic (exact) mass is 291 g/mol. The minimum absolute atomic E-state index is 0.0256. The SMILES string of the molecule is CC(=O)OCCC(=O)C(C)/C=C/c1ccc([N+](=O)[O-])cc1. The van der Waals surface area contributed by atoms with Crippen molar-refractivity contribution in [3.63, 3.8) is 0 Å². The average Bonchev–Trinajstić information content (AvgIpc) is 2.44. The van der Waals surface area contributed by atoms with Gasteiger partial charge in [0.05, 0.1) is 11.5 Å². The number of allylic oxidation sites excluding steroid dienone is 1. The Morgan fingerprint density at radius 3 is 2.48 bits per heavy atom. The average molecular weight is 291 g/mol. The molecule has 0 spiro atoms. The van der Waals surface area contributed by atoms with Crippen LogP contribution in [-0.2, 0) is 14.3 Å². The van der Waals surface area contributed by atoms with E-state index in [4.69, 9.17) is 4.74 Å². The van der Waals surface area contributed by atoms with E-state index in [-0.39, 0.29) is 30.4 Å². The van der Waals surface area contributed by atoms with Crippen molar-refractivity contribution >= 4 is 23.5 Å². The van der Waals surface area contributed by atoms with E-state index >= 15 is 0 Å². The second-order valence-corrected chi connectivity index (χ2v) is 4.55. The van der Waals surface area contributed by atoms with Crippen molar-refractivity contribution in [3.05, 3.63) is 46.0 Å². The predicted octanol–water partition coefficient (Wildman–Crippen LogP) is 2.77. The molecule has 0 aromatic heterocycles. The van der Waals surface area contributed by atoms with Crippen LogP contribution in [0, 0.1) is 16.0 Å². The molecule has 1 aromatic rings. The first kappa shape index (κ1) is 16.6. The van der Waals surface area contributed by atoms with Crippen LogP contribution in [0.15, 0.2) is 30.3 Å². The van der Waals surface area contributed by atoms with E-state index in [0.717, 1.165) is 5.56 Å². The summed E-state index contributed by atoms with van der Waals surface area (Å²) in [5, 5.41) is 10.5. The maximum atomic E-state index is 11.8. The maximum absolute atomic E-state index is 11.8. The molecule has 0 heterocycles. The summed E-state index contributed by atoms with van der Waals surface area (Å²) < 4.78 is 4.71. The molecule has 1 rings (SSSR count). The van der Waals surface area contributed by atoms with Gasteiger partial charge in [-0.25, -0.2) is 0 Å². The van der Waals surface area contributed by atoms with Gasteiger partial charge in [0, 0.05) is 31.4 Å². The van der Waals surface area contributed by atoms with Gasteiger partial charge in [0.2, 0.25) is 0 Å². The Labute approximate surface area is 122 Å². The number of ether oxygens (including phenoxy) is 1. The van der Waals surface area contributed by atoms with E-state index in [9.17, 15) is 19.7 Å². The molecule has 0 fully saturated rings. The molecule has 0 saturated carbocycles. The largest absolute Gasteiger partial charge is 0.465 e. The summed E-state index contributed by atoms with van der Waals surface area (Å²) in [6.45, 7) is 3.13. The number of nitrogens with zero attached hydrogens (tertiary/aromatic N) is 1. The lowest BCUT2D eigenvalue weighted by molar-refractivity contribution is -0.384. The van der Waals surface area contributed by atoms with Gasteiger partial charge >= 0.3 is 5.97 Å². The van der Waals surface area contributed by atoms with Crippen LogP contribution < -0.4 is 0 Å². The molecular weight excluding hydrogens is 274 g/mol. The van der Waals surface area contributed by atoms with Crippen LogP contribution in [0.4, 0.5) is 5.69 Å². The van der Waals surface area contributed by atoms with Gasteiger partial charge in [-0.1, -0.05) is 19.1 Å². The molecule has 0 aliphatic rings. The Bertz CT molecular complexity index is 548. The fourth-order valence-corrected chi connectivity index (χ4v) is 1.59. The van der Waals surface area contributed by atoms with E-state index in [1.807, 2.05) is 0 Å². The molecule has 0 bridgehead atoms. The van der Waals surface area contributed by atoms with Gasteiger partial charge in [0.1, 0.15) is 5.78 Å². The third-order valence-corrected chi connectivity index (χ3v) is 2.84. The summed E-state index contributed by atoms with van der Waals surface area (Å²) in [7, 11) is 0. The zero-order valence-electron chi connectivity index (χ0n) is 11.9. The smallest absolute Gasteiger partial charge is 0.302 e. The zero-order valence-corrected chi connectivity index (χ0v) is 11.9. The van der Waals surface area contributed by atoms with Gasteiger partial charge in [-0.3, -0.25) is 19.7 Å². The number of ketones is 1. The molecule has 1 aromatic carbocycles. The summed E-state index contributed by atoms with van der Waals surface area (Å²) in [5.74, 6) is -0.748. The number of nitro groups is 1. The third kappa shape index (κ3) is 5.99. The Morgan fingerprint density at radius 1 is 1.33 bits per heavy atom. The molecule has 112 valence electrons. The number of hydrogen-bond donors (Lipinski definition) is 0. The second kappa shape index (κ2) is 7.94. The third-order valence-electron chi connectivity index (χ3n) is 2.84. The molecule has 0 aliphatic carbocycles. The second-order valence-electron chi connectivity index (χ2n) is 4.55. The maximum Gasteiger partial charge on any atom is 0.302 e. The number of nitro benzene ring substituents is 1. The lowest BCUT2D eigenvalue weighted by Gasteiger charge is -2.05. The molecule has 0 N–H and O–H groups in total. The number of carbonyl (C=O) groups excluding carboxylic acids is 2. The minimum Gasteiger partial charge on any atom is -0.465 e. The van der Waals surface area contributed by atoms with Crippen molar-refractivity contribution in [3.8, 4) is 0 Å². The Kier molecular flexibility index (Phi) is 6.26. The minimum atomic E-state index is -0.464. The molecule has 0 radical (unpaired) electrons. The summed E-state index contributed by atoms with van der Waals surface area (Å²) in [6.07, 6.45) is 3.63. The van der Waals surface area contributed by atoms with Crippen LogP contribution in [0.25, 0.3) is 6.08 Å². The highest BCUT2D eigenvalue weighted by atomic mass is 16.6. The normalized spacial score (nSPS) is 12.1. The van der Waals surface area contributed by atoms with Crippen molar-refractivity contribution in [1.29, 1.82) is 0 Å². The molecule has 1 atom stereocenters. The van der Waals surface area contributed by atoms with Gasteiger partial charge in [-0.05, 0) is 17.7 Å². The van der Waals surface area contributed by atoms with Crippen molar-refractivity contribution in [2.45, 2.75) is 20.3 Å². The highest BCUT2D eigenvalue weighted by molar-refractivity contribution is 5.83. The van der Waals surface area contributed by atoms with Gasteiger partial charge < -0.3 is 4.74 Å². The van der Waals surface area contributed by atoms with Crippen molar-refractivity contribution in [1.82, 2.24) is 0 Å². The van der Waals surface area contributed by atoms with Crippen LogP contribution in [0.3, 0.4) is 0 Å². The van der Waals surface area contributed by atoms with Crippen molar-refractivity contribution < 1.29 is 19.2 Å². The van der Waals surface area contributed by atoms with E-state index < -0.39 is 10.9 Å². The predicted molar refractivity (Wildman–Crippen MR) is 77.6 cm³/mol. The quantitative estimate of drug-likeness (QED) is 0.438. The Balaban J connectivity index is 2.52. The van der Waals surface area contributed by atoms with Gasteiger partial charge in [0.15, 0.2) is 0 Å². The number of rotatable bonds is 7. The van der Waals surface area contributed by atoms with E-state index in [2.05, 4.69) is 0 Å². The fraction of sp³-hybridized carbons (Fsp3) is 0.333. The summed E-state index contributed by atoms with van der Waals surface area (Å²) in [6, 6.07) is 6.05. The first-order chi connectivity index (χ1) is 9.90. The lowest BCUT2D eigenvalue weighted by atomic mass is 10.0. The zero-order chi connectivity index (χ0) is 15.8. The van der Waals surface area contributed by atoms with Crippen molar-refractivity contribution in [2.24, 2.45) is 5.92 Å². The molecule has 6 heteroatoms. The van der Waals surface area contributed by atoms with E-state index in [0.29, 0.717) is 0 Å². The van der Waals surface area contributed by atoms with Crippen LogP contribution >= 0.6 is 0 Å². The molecule has 1 unspecified atom stereocenters. The van der Waals surface area contributed by atoms with E-state index in [1.54, 1.807) is 31.2 Å². The molecule has 0 aliphatic heterocycles. The van der Waals surface area contributed by atoms with Gasteiger partial charge in [-0.15, -0.1) is 0 Å². The van der Waals surface area contributed by atoms with Crippen LogP contribution in [0.5, 0.6) is 0 Å². The van der Waals surface area contributed by atoms with Crippen LogP contribution in [-0.4, -0.2) is 23.3 Å². The standard InChI is InChI=1S/C15H17NO5/c1-11(15(18)9-10-21-12(2)17)3-4-13-5-7-14(8-6-13)16(19)20/h3-8,11H,9-10H2,1-2H3/b4-3+. The summed E-state index contributed by atoms with van der Waals surface area (Å²) in [4.78, 5) is 32.4. The Morgan fingerprint density at radius 2 is 1.95 bits per heavy atom. The van der Waals surface area contributed by atoms with E-state index in [1.165, 1.54) is 19.1 Å². The number of esters is 1. The number of Topliss-reactive ketones (excluding diaryl/α,β-unsaturated/α-hetero) is 1. The number of hydrogen-bond acceptors (Lipinski definition) is 5.